The van der Waals surface area contributed by atoms with Gasteiger partial charge < -0.3 is 9.84 Å². The van der Waals surface area contributed by atoms with Crippen LogP contribution >= 0.6 is 0 Å². The second kappa shape index (κ2) is 5.41. The Hall–Kier alpha value is -1.87. The van der Waals surface area contributed by atoms with Crippen LogP contribution in [-0.2, 0) is 0 Å². The summed E-state index contributed by atoms with van der Waals surface area (Å²) in [4.78, 5) is 0. The molecular weight excluding hydrogens is 243 g/mol. The number of methoxy groups -OCH3 is 1. The Bertz CT molecular complexity index is 593. The van der Waals surface area contributed by atoms with Gasteiger partial charge in [-0.05, 0) is 48.2 Å². The Kier molecular flexibility index (Phi) is 3.86. The van der Waals surface area contributed by atoms with Gasteiger partial charge in [0.25, 0.3) is 0 Å². The first-order chi connectivity index (χ1) is 9.04. The summed E-state index contributed by atoms with van der Waals surface area (Å²) in [6, 6.07) is 10.2. The number of aliphatic hydroxyl groups excluding tert-OH is 1. The van der Waals surface area contributed by atoms with Crippen LogP contribution in [0.4, 0.5) is 4.39 Å². The van der Waals surface area contributed by atoms with Crippen molar-refractivity contribution in [1.82, 2.24) is 0 Å². The molecule has 2 rings (SSSR count). The smallest absolute Gasteiger partial charge is 0.165 e. The second-order valence-electron chi connectivity index (χ2n) is 4.59. The van der Waals surface area contributed by atoms with Crippen LogP contribution in [0.25, 0.3) is 0 Å². The van der Waals surface area contributed by atoms with Gasteiger partial charge in [-0.25, -0.2) is 4.39 Å². The predicted molar refractivity (Wildman–Crippen MR) is 72.9 cm³/mol. The molecular formula is C16H17FO2. The molecule has 0 amide bonds. The molecule has 1 atom stereocenters. The SMILES string of the molecule is COc1ccc(C(O)c2cccc(C)c2C)cc1F. The van der Waals surface area contributed by atoms with Gasteiger partial charge in [-0.2, -0.15) is 0 Å². The monoisotopic (exact) mass is 260 g/mol. The van der Waals surface area contributed by atoms with E-state index in [0.29, 0.717) is 5.56 Å². The van der Waals surface area contributed by atoms with Gasteiger partial charge in [0.05, 0.1) is 7.11 Å². The summed E-state index contributed by atoms with van der Waals surface area (Å²) in [7, 11) is 1.42. The molecule has 2 aromatic carbocycles. The van der Waals surface area contributed by atoms with Crippen LogP contribution in [0.5, 0.6) is 5.75 Å². The first-order valence-corrected chi connectivity index (χ1v) is 6.12. The minimum Gasteiger partial charge on any atom is -0.494 e. The van der Waals surface area contributed by atoms with Gasteiger partial charge in [0.2, 0.25) is 0 Å². The molecule has 19 heavy (non-hydrogen) atoms. The average Bonchev–Trinajstić information content (AvgIpc) is 2.41. The highest BCUT2D eigenvalue weighted by Crippen LogP contribution is 2.29. The number of benzene rings is 2. The van der Waals surface area contributed by atoms with Gasteiger partial charge in [-0.1, -0.05) is 24.3 Å². The Balaban J connectivity index is 2.41. The van der Waals surface area contributed by atoms with E-state index >= 15 is 0 Å². The van der Waals surface area contributed by atoms with Crippen molar-refractivity contribution in [3.8, 4) is 5.75 Å². The molecule has 100 valence electrons. The fourth-order valence-electron chi connectivity index (χ4n) is 2.10. The summed E-state index contributed by atoms with van der Waals surface area (Å²) in [5.74, 6) is -0.290. The van der Waals surface area contributed by atoms with Gasteiger partial charge in [-0.15, -0.1) is 0 Å². The maximum atomic E-state index is 13.7. The van der Waals surface area contributed by atoms with Crippen LogP contribution in [0.2, 0.25) is 0 Å². The maximum absolute atomic E-state index is 13.7. The lowest BCUT2D eigenvalue weighted by Gasteiger charge is -2.16. The Morgan fingerprint density at radius 2 is 1.89 bits per heavy atom. The molecule has 0 aliphatic rings. The third kappa shape index (κ3) is 2.61. The molecule has 0 fully saturated rings. The third-order valence-electron chi connectivity index (χ3n) is 3.43. The van der Waals surface area contributed by atoms with Crippen LogP contribution in [-0.4, -0.2) is 12.2 Å². The summed E-state index contributed by atoms with van der Waals surface area (Å²) in [5.41, 5.74) is 3.44. The van der Waals surface area contributed by atoms with Crippen LogP contribution in [0.15, 0.2) is 36.4 Å². The van der Waals surface area contributed by atoms with Crippen molar-refractivity contribution >= 4 is 0 Å². The zero-order chi connectivity index (χ0) is 14.0. The van der Waals surface area contributed by atoms with E-state index in [4.69, 9.17) is 4.74 Å². The Morgan fingerprint density at radius 3 is 2.53 bits per heavy atom. The molecule has 0 aliphatic heterocycles. The Morgan fingerprint density at radius 1 is 1.16 bits per heavy atom. The molecule has 0 aliphatic carbocycles. The normalized spacial score (nSPS) is 12.3. The average molecular weight is 260 g/mol. The minimum atomic E-state index is -0.833. The summed E-state index contributed by atoms with van der Waals surface area (Å²) in [6.45, 7) is 3.94. The molecule has 0 radical (unpaired) electrons. The lowest BCUT2D eigenvalue weighted by Crippen LogP contribution is -2.04. The van der Waals surface area contributed by atoms with Crippen molar-refractivity contribution < 1.29 is 14.2 Å². The van der Waals surface area contributed by atoms with E-state index in [1.54, 1.807) is 6.07 Å². The summed E-state index contributed by atoms with van der Waals surface area (Å²) < 4.78 is 18.5. The molecule has 0 heterocycles. The van der Waals surface area contributed by atoms with Crippen LogP contribution in [0.3, 0.4) is 0 Å². The molecule has 3 heteroatoms. The van der Waals surface area contributed by atoms with E-state index in [1.807, 2.05) is 32.0 Å². The molecule has 0 bridgehead atoms. The Labute approximate surface area is 112 Å². The topological polar surface area (TPSA) is 29.5 Å². The van der Waals surface area contributed by atoms with Gasteiger partial charge in [0.15, 0.2) is 11.6 Å². The first kappa shape index (κ1) is 13.6. The molecule has 2 aromatic rings. The number of ether oxygens (including phenoxy) is 1. The molecule has 0 saturated heterocycles. The van der Waals surface area contributed by atoms with Crippen molar-refractivity contribution in [2.45, 2.75) is 20.0 Å². The highest BCUT2D eigenvalue weighted by molar-refractivity contribution is 5.41. The number of aliphatic hydroxyl groups is 1. The maximum Gasteiger partial charge on any atom is 0.165 e. The number of halogens is 1. The van der Waals surface area contributed by atoms with Crippen LogP contribution in [0.1, 0.15) is 28.4 Å². The standard InChI is InChI=1S/C16H17FO2/c1-10-5-4-6-13(11(10)2)16(18)12-7-8-15(19-3)14(17)9-12/h4-9,16,18H,1-3H3. The van der Waals surface area contributed by atoms with Crippen LogP contribution < -0.4 is 4.74 Å². The minimum absolute atomic E-state index is 0.178. The molecule has 0 aromatic heterocycles. The summed E-state index contributed by atoms with van der Waals surface area (Å²) in [6.07, 6.45) is -0.833. The number of rotatable bonds is 3. The van der Waals surface area contributed by atoms with Crippen molar-refractivity contribution in [2.75, 3.05) is 7.11 Å². The molecule has 0 saturated carbocycles. The number of hydrogen-bond donors (Lipinski definition) is 1. The highest BCUT2D eigenvalue weighted by Gasteiger charge is 2.15. The highest BCUT2D eigenvalue weighted by atomic mass is 19.1. The quantitative estimate of drug-likeness (QED) is 0.914. The van der Waals surface area contributed by atoms with E-state index in [-0.39, 0.29) is 5.75 Å². The van der Waals surface area contributed by atoms with Crippen molar-refractivity contribution in [3.63, 3.8) is 0 Å². The fourth-order valence-corrected chi connectivity index (χ4v) is 2.10. The van der Waals surface area contributed by atoms with Gasteiger partial charge >= 0.3 is 0 Å². The zero-order valence-corrected chi connectivity index (χ0v) is 11.3. The summed E-state index contributed by atoms with van der Waals surface area (Å²) >= 11 is 0. The van der Waals surface area contributed by atoms with Crippen molar-refractivity contribution in [1.29, 1.82) is 0 Å². The van der Waals surface area contributed by atoms with E-state index < -0.39 is 11.9 Å². The first-order valence-electron chi connectivity index (χ1n) is 6.12. The van der Waals surface area contributed by atoms with E-state index in [2.05, 4.69) is 0 Å². The largest absolute Gasteiger partial charge is 0.494 e. The van der Waals surface area contributed by atoms with E-state index in [9.17, 15) is 9.50 Å². The number of aryl methyl sites for hydroxylation is 1. The molecule has 1 unspecified atom stereocenters. The van der Waals surface area contributed by atoms with E-state index in [0.717, 1.165) is 16.7 Å². The predicted octanol–water partition coefficient (Wildman–Crippen LogP) is 3.53. The number of hydrogen-bond acceptors (Lipinski definition) is 2. The van der Waals surface area contributed by atoms with E-state index in [1.165, 1.54) is 19.2 Å². The van der Waals surface area contributed by atoms with Crippen molar-refractivity contribution in [3.05, 3.63) is 64.5 Å². The van der Waals surface area contributed by atoms with Gasteiger partial charge in [0.1, 0.15) is 6.10 Å². The summed E-state index contributed by atoms with van der Waals surface area (Å²) in [5, 5.41) is 10.4. The lowest BCUT2D eigenvalue weighted by atomic mass is 9.95. The van der Waals surface area contributed by atoms with Crippen molar-refractivity contribution in [2.24, 2.45) is 0 Å². The van der Waals surface area contributed by atoms with Gasteiger partial charge in [0, 0.05) is 0 Å². The van der Waals surface area contributed by atoms with Crippen LogP contribution in [0, 0.1) is 19.7 Å². The van der Waals surface area contributed by atoms with Gasteiger partial charge in [-0.3, -0.25) is 0 Å². The second-order valence-corrected chi connectivity index (χ2v) is 4.59. The molecule has 2 nitrogen and oxygen atoms in total. The lowest BCUT2D eigenvalue weighted by molar-refractivity contribution is 0.218. The third-order valence-corrected chi connectivity index (χ3v) is 3.43. The molecule has 1 N–H and O–H groups in total. The zero-order valence-electron chi connectivity index (χ0n) is 11.3. The fraction of sp³-hybridized carbons (Fsp3) is 0.250. The molecule has 0 spiro atoms.